The van der Waals surface area contributed by atoms with Crippen LogP contribution in [0.5, 0.6) is 0 Å². The molecule has 0 radical (unpaired) electrons. The van der Waals surface area contributed by atoms with Gasteiger partial charge in [-0.3, -0.25) is 0 Å². The zero-order valence-corrected chi connectivity index (χ0v) is 12.3. The summed E-state index contributed by atoms with van der Waals surface area (Å²) >= 11 is 0. The van der Waals surface area contributed by atoms with Crippen LogP contribution in [0.3, 0.4) is 0 Å². The molecule has 1 N–H and O–H groups in total. The van der Waals surface area contributed by atoms with Crippen molar-refractivity contribution >= 4 is 0 Å². The summed E-state index contributed by atoms with van der Waals surface area (Å²) in [6.07, 6.45) is 0.785. The number of hydrogen-bond donors (Lipinski definition) is 1. The molecule has 2 saturated carbocycles. The Morgan fingerprint density at radius 2 is 1.86 bits per heavy atom. The number of hydrogen-bond acceptors (Lipinski definition) is 1. The average Bonchev–Trinajstić information content (AvgIpc) is 3.18. The smallest absolute Gasteiger partial charge is 0.310 e. The molecule has 0 aromatic heterocycles. The van der Waals surface area contributed by atoms with E-state index in [2.05, 4.69) is 5.32 Å². The molecule has 21 heavy (non-hydrogen) atoms. The van der Waals surface area contributed by atoms with E-state index in [0.717, 1.165) is 30.0 Å². The largest absolute Gasteiger partial charge is 0.416 e. The van der Waals surface area contributed by atoms with Crippen LogP contribution in [0.4, 0.5) is 13.2 Å². The minimum Gasteiger partial charge on any atom is -0.310 e. The quantitative estimate of drug-likeness (QED) is 0.842. The van der Waals surface area contributed by atoms with Gasteiger partial charge in [0.25, 0.3) is 0 Å². The van der Waals surface area contributed by atoms with Crippen molar-refractivity contribution in [2.45, 2.75) is 44.8 Å². The van der Waals surface area contributed by atoms with E-state index in [1.807, 2.05) is 13.0 Å². The third-order valence-corrected chi connectivity index (χ3v) is 5.10. The van der Waals surface area contributed by atoms with Crippen LogP contribution in [0.2, 0.25) is 0 Å². The Labute approximate surface area is 123 Å². The Hall–Kier alpha value is -1.03. The fourth-order valence-electron chi connectivity index (χ4n) is 4.15. The molecule has 0 amide bonds. The molecule has 3 unspecified atom stereocenters. The molecule has 0 spiro atoms. The molecular weight excluding hydrogens is 275 g/mol. The van der Waals surface area contributed by atoms with E-state index in [1.165, 1.54) is 37.8 Å². The summed E-state index contributed by atoms with van der Waals surface area (Å²) in [4.78, 5) is 0. The maximum absolute atomic E-state index is 12.9. The van der Waals surface area contributed by atoms with E-state index in [1.54, 1.807) is 0 Å². The molecule has 2 fully saturated rings. The Kier molecular flexibility index (Phi) is 4.00. The van der Waals surface area contributed by atoms with Gasteiger partial charge in [-0.1, -0.05) is 31.9 Å². The van der Waals surface area contributed by atoms with E-state index < -0.39 is 11.7 Å². The minimum atomic E-state index is -4.26. The van der Waals surface area contributed by atoms with Gasteiger partial charge >= 0.3 is 6.18 Å². The summed E-state index contributed by atoms with van der Waals surface area (Å²) in [7, 11) is 0. The predicted molar refractivity (Wildman–Crippen MR) is 76.8 cm³/mol. The van der Waals surface area contributed by atoms with E-state index in [-0.39, 0.29) is 6.04 Å². The SMILES string of the molecule is CCNC(c1cccc(C(F)(F)F)c1)C1C2CCCCC21. The number of rotatable bonds is 4. The number of fused-ring (bicyclic) bond motifs is 1. The van der Waals surface area contributed by atoms with E-state index in [9.17, 15) is 13.2 Å². The summed E-state index contributed by atoms with van der Waals surface area (Å²) in [5.41, 5.74) is 0.262. The van der Waals surface area contributed by atoms with Crippen LogP contribution in [-0.2, 0) is 6.18 Å². The molecule has 2 aliphatic rings. The van der Waals surface area contributed by atoms with Gasteiger partial charge < -0.3 is 5.32 Å². The second-order valence-corrected chi connectivity index (χ2v) is 6.35. The second kappa shape index (κ2) is 5.64. The van der Waals surface area contributed by atoms with E-state index in [4.69, 9.17) is 0 Å². The first-order valence-electron chi connectivity index (χ1n) is 7.93. The van der Waals surface area contributed by atoms with E-state index in [0.29, 0.717) is 5.92 Å². The molecule has 3 atom stereocenters. The van der Waals surface area contributed by atoms with Crippen molar-refractivity contribution in [2.75, 3.05) is 6.54 Å². The summed E-state index contributed by atoms with van der Waals surface area (Å²) in [6, 6.07) is 5.94. The summed E-state index contributed by atoms with van der Waals surface area (Å²) in [6.45, 7) is 2.81. The van der Waals surface area contributed by atoms with Gasteiger partial charge in [0.15, 0.2) is 0 Å². The third-order valence-electron chi connectivity index (χ3n) is 5.10. The van der Waals surface area contributed by atoms with Crippen molar-refractivity contribution in [2.24, 2.45) is 17.8 Å². The van der Waals surface area contributed by atoms with Crippen molar-refractivity contribution in [3.8, 4) is 0 Å². The van der Waals surface area contributed by atoms with Crippen molar-refractivity contribution in [3.63, 3.8) is 0 Å². The second-order valence-electron chi connectivity index (χ2n) is 6.35. The first-order chi connectivity index (χ1) is 10.0. The van der Waals surface area contributed by atoms with Crippen molar-refractivity contribution in [1.29, 1.82) is 0 Å². The molecule has 3 rings (SSSR count). The lowest BCUT2D eigenvalue weighted by Gasteiger charge is -2.20. The first-order valence-corrected chi connectivity index (χ1v) is 7.93. The highest BCUT2D eigenvalue weighted by atomic mass is 19.4. The lowest BCUT2D eigenvalue weighted by molar-refractivity contribution is -0.137. The van der Waals surface area contributed by atoms with Gasteiger partial charge in [0.05, 0.1) is 5.56 Å². The van der Waals surface area contributed by atoms with Crippen LogP contribution in [0.25, 0.3) is 0 Å². The predicted octanol–water partition coefficient (Wildman–Crippen LogP) is 4.79. The monoisotopic (exact) mass is 297 g/mol. The fraction of sp³-hybridized carbons (Fsp3) is 0.647. The number of nitrogens with one attached hydrogen (secondary N) is 1. The maximum atomic E-state index is 12.9. The van der Waals surface area contributed by atoms with Crippen LogP contribution in [-0.4, -0.2) is 6.54 Å². The molecule has 1 nitrogen and oxygen atoms in total. The van der Waals surface area contributed by atoms with Crippen molar-refractivity contribution in [1.82, 2.24) is 5.32 Å². The zero-order chi connectivity index (χ0) is 15.0. The zero-order valence-electron chi connectivity index (χ0n) is 12.3. The maximum Gasteiger partial charge on any atom is 0.416 e. The van der Waals surface area contributed by atoms with Gasteiger partial charge in [-0.2, -0.15) is 13.2 Å². The Morgan fingerprint density at radius 1 is 1.19 bits per heavy atom. The number of alkyl halides is 3. The lowest BCUT2D eigenvalue weighted by Crippen LogP contribution is -2.24. The first kappa shape index (κ1) is 14.9. The highest BCUT2D eigenvalue weighted by Crippen LogP contribution is 2.60. The highest BCUT2D eigenvalue weighted by molar-refractivity contribution is 5.30. The van der Waals surface area contributed by atoms with Gasteiger partial charge in [-0.05, 0) is 54.8 Å². The molecule has 0 saturated heterocycles. The molecule has 1 aromatic carbocycles. The average molecular weight is 297 g/mol. The Morgan fingerprint density at radius 3 is 2.43 bits per heavy atom. The van der Waals surface area contributed by atoms with Gasteiger partial charge in [-0.25, -0.2) is 0 Å². The van der Waals surface area contributed by atoms with Gasteiger partial charge in [0, 0.05) is 6.04 Å². The Balaban J connectivity index is 1.84. The van der Waals surface area contributed by atoms with Gasteiger partial charge in [0.2, 0.25) is 0 Å². The van der Waals surface area contributed by atoms with Crippen LogP contribution >= 0.6 is 0 Å². The molecule has 4 heteroatoms. The van der Waals surface area contributed by atoms with Crippen LogP contribution in [0.1, 0.15) is 49.8 Å². The van der Waals surface area contributed by atoms with Gasteiger partial charge in [-0.15, -0.1) is 0 Å². The normalized spacial score (nSPS) is 29.8. The number of halogens is 3. The van der Waals surface area contributed by atoms with Crippen LogP contribution in [0.15, 0.2) is 24.3 Å². The lowest BCUT2D eigenvalue weighted by atomic mass is 9.97. The minimum absolute atomic E-state index is 0.0744. The van der Waals surface area contributed by atoms with Crippen molar-refractivity contribution in [3.05, 3.63) is 35.4 Å². The molecule has 0 aliphatic heterocycles. The molecule has 116 valence electrons. The molecular formula is C17H22F3N. The summed E-state index contributed by atoms with van der Waals surface area (Å²) in [5, 5.41) is 3.43. The molecule has 2 aliphatic carbocycles. The fourth-order valence-corrected chi connectivity index (χ4v) is 4.15. The summed E-state index contributed by atoms with van der Waals surface area (Å²) < 4.78 is 38.7. The van der Waals surface area contributed by atoms with E-state index >= 15 is 0 Å². The van der Waals surface area contributed by atoms with Crippen LogP contribution in [0, 0.1) is 17.8 Å². The Bertz CT molecular complexity index is 485. The standard InChI is InChI=1S/C17H22F3N/c1-2-21-16(15-13-8-3-4-9-14(13)15)11-6-5-7-12(10-11)17(18,19)20/h5-7,10,13-16,21H,2-4,8-9H2,1H3. The van der Waals surface area contributed by atoms with Crippen LogP contribution < -0.4 is 5.32 Å². The van der Waals surface area contributed by atoms with Gasteiger partial charge in [0.1, 0.15) is 0 Å². The van der Waals surface area contributed by atoms with Crippen molar-refractivity contribution < 1.29 is 13.2 Å². The summed E-state index contributed by atoms with van der Waals surface area (Å²) in [5.74, 6) is 1.96. The molecule has 1 aromatic rings. The molecule has 0 bridgehead atoms. The highest BCUT2D eigenvalue weighted by Gasteiger charge is 2.54. The molecule has 0 heterocycles. The third kappa shape index (κ3) is 2.96. The topological polar surface area (TPSA) is 12.0 Å². The number of benzene rings is 1.